The maximum absolute atomic E-state index is 11.5. The summed E-state index contributed by atoms with van der Waals surface area (Å²) in [6.45, 7) is 2.23. The number of nitrogens with two attached hydrogens (primary N) is 1. The molecule has 19 heavy (non-hydrogen) atoms. The summed E-state index contributed by atoms with van der Waals surface area (Å²) < 4.78 is 4.97. The zero-order chi connectivity index (χ0) is 13.0. The van der Waals surface area contributed by atoms with Gasteiger partial charge in [0.2, 0.25) is 0 Å². The number of benzene rings is 1. The third-order valence-electron chi connectivity index (χ3n) is 3.61. The van der Waals surface area contributed by atoms with Crippen LogP contribution in [0.15, 0.2) is 24.3 Å². The van der Waals surface area contributed by atoms with E-state index in [9.17, 15) is 4.79 Å². The van der Waals surface area contributed by atoms with Crippen molar-refractivity contribution in [2.45, 2.75) is 44.6 Å². The summed E-state index contributed by atoms with van der Waals surface area (Å²) in [7, 11) is 0. The molecule has 1 saturated carbocycles. The van der Waals surface area contributed by atoms with Crippen LogP contribution >= 0.6 is 12.4 Å². The molecule has 1 aromatic carbocycles. The molecule has 1 aromatic rings. The molecule has 0 saturated heterocycles. The number of hydrogen-bond acceptors (Lipinski definition) is 3. The summed E-state index contributed by atoms with van der Waals surface area (Å²) in [4.78, 5) is 11.5. The highest BCUT2D eigenvalue weighted by molar-refractivity contribution is 5.89. The van der Waals surface area contributed by atoms with E-state index in [1.54, 1.807) is 0 Å². The Morgan fingerprint density at radius 2 is 2.00 bits per heavy atom. The van der Waals surface area contributed by atoms with E-state index >= 15 is 0 Å². The number of hydrogen-bond donors (Lipinski definition) is 1. The maximum atomic E-state index is 11.5. The van der Waals surface area contributed by atoms with Crippen molar-refractivity contribution in [2.24, 2.45) is 5.73 Å². The molecule has 0 bridgehead atoms. The number of halogens is 1. The van der Waals surface area contributed by atoms with Gasteiger partial charge in [-0.1, -0.05) is 18.6 Å². The summed E-state index contributed by atoms with van der Waals surface area (Å²) in [5.41, 5.74) is 7.92. The van der Waals surface area contributed by atoms with Gasteiger partial charge in [0.1, 0.15) is 0 Å². The Labute approximate surface area is 120 Å². The van der Waals surface area contributed by atoms with E-state index in [-0.39, 0.29) is 18.4 Å². The van der Waals surface area contributed by atoms with Crippen LogP contribution in [0, 0.1) is 0 Å². The largest absolute Gasteiger partial charge is 0.462 e. The van der Waals surface area contributed by atoms with E-state index in [1.165, 1.54) is 18.4 Å². The van der Waals surface area contributed by atoms with E-state index in [0.29, 0.717) is 24.1 Å². The first-order chi connectivity index (χ1) is 8.70. The van der Waals surface area contributed by atoms with Crippen molar-refractivity contribution in [3.63, 3.8) is 0 Å². The van der Waals surface area contributed by atoms with E-state index in [1.807, 2.05) is 31.2 Å². The minimum atomic E-state index is -0.246. The van der Waals surface area contributed by atoms with Crippen molar-refractivity contribution in [2.75, 3.05) is 6.61 Å². The van der Waals surface area contributed by atoms with E-state index in [0.717, 1.165) is 12.8 Å². The highest BCUT2D eigenvalue weighted by Gasteiger charge is 2.20. The first kappa shape index (κ1) is 16.0. The summed E-state index contributed by atoms with van der Waals surface area (Å²) in [5, 5.41) is 0. The van der Waals surface area contributed by atoms with Crippen molar-refractivity contribution >= 4 is 18.4 Å². The topological polar surface area (TPSA) is 52.3 Å². The summed E-state index contributed by atoms with van der Waals surface area (Å²) in [5.74, 6) is 0.300. The van der Waals surface area contributed by atoms with Crippen LogP contribution in [0.1, 0.15) is 54.4 Å². The zero-order valence-electron chi connectivity index (χ0n) is 11.3. The Bertz CT molecular complexity index is 405. The molecule has 1 fully saturated rings. The molecular weight excluding hydrogens is 262 g/mol. The van der Waals surface area contributed by atoms with Crippen molar-refractivity contribution in [1.29, 1.82) is 0 Å². The fourth-order valence-corrected chi connectivity index (χ4v) is 2.64. The van der Waals surface area contributed by atoms with Crippen LogP contribution in [-0.4, -0.2) is 18.6 Å². The molecule has 2 atom stereocenters. The molecule has 0 radical (unpaired) electrons. The van der Waals surface area contributed by atoms with Crippen molar-refractivity contribution < 1.29 is 9.53 Å². The van der Waals surface area contributed by atoms with Crippen LogP contribution in [0.2, 0.25) is 0 Å². The first-order valence-corrected chi connectivity index (χ1v) is 6.73. The van der Waals surface area contributed by atoms with Crippen LogP contribution in [0.4, 0.5) is 0 Å². The smallest absolute Gasteiger partial charge is 0.338 e. The summed E-state index contributed by atoms with van der Waals surface area (Å²) >= 11 is 0. The van der Waals surface area contributed by atoms with Crippen LogP contribution in [-0.2, 0) is 4.74 Å². The Morgan fingerprint density at radius 1 is 1.32 bits per heavy atom. The molecule has 2 N–H and O–H groups in total. The Kier molecular flexibility index (Phi) is 6.32. The molecule has 0 spiro atoms. The van der Waals surface area contributed by atoms with E-state index < -0.39 is 0 Å². The van der Waals surface area contributed by atoms with Crippen molar-refractivity contribution in [3.8, 4) is 0 Å². The highest BCUT2D eigenvalue weighted by Crippen LogP contribution is 2.32. The average Bonchev–Trinajstić information content (AvgIpc) is 2.39. The number of rotatable bonds is 3. The summed E-state index contributed by atoms with van der Waals surface area (Å²) in [6.07, 6.45) is 4.59. The van der Waals surface area contributed by atoms with Gasteiger partial charge in [-0.15, -0.1) is 12.4 Å². The second-order valence-corrected chi connectivity index (χ2v) is 4.97. The monoisotopic (exact) mass is 283 g/mol. The van der Waals surface area contributed by atoms with Gasteiger partial charge in [0.15, 0.2) is 0 Å². The predicted octanol–water partition coefficient (Wildman–Crippen LogP) is 3.27. The third kappa shape index (κ3) is 4.22. The first-order valence-electron chi connectivity index (χ1n) is 6.73. The highest BCUT2D eigenvalue weighted by atomic mass is 35.5. The summed E-state index contributed by atoms with van der Waals surface area (Å²) in [6, 6.07) is 8.11. The van der Waals surface area contributed by atoms with Crippen LogP contribution in [0.5, 0.6) is 0 Å². The van der Waals surface area contributed by atoms with Gasteiger partial charge in [-0.2, -0.15) is 0 Å². The Balaban J connectivity index is 0.00000180. The van der Waals surface area contributed by atoms with Gasteiger partial charge in [0.25, 0.3) is 0 Å². The molecule has 0 aromatic heterocycles. The fraction of sp³-hybridized carbons (Fsp3) is 0.533. The van der Waals surface area contributed by atoms with E-state index in [4.69, 9.17) is 10.5 Å². The van der Waals surface area contributed by atoms with Gasteiger partial charge in [0.05, 0.1) is 12.2 Å². The Hall–Kier alpha value is -1.06. The Morgan fingerprint density at radius 3 is 2.58 bits per heavy atom. The average molecular weight is 284 g/mol. The number of carbonyl (C=O) groups is 1. The molecule has 0 amide bonds. The van der Waals surface area contributed by atoms with Gasteiger partial charge >= 0.3 is 5.97 Å². The standard InChI is InChI=1S/C15H21NO2.ClH/c1-2-18-15(17)12-8-6-11(7-9-12)13-4-3-5-14(16)10-13;/h6-9,13-14H,2-5,10,16H2,1H3;1H/t13-,14+;/m1./s1. The quantitative estimate of drug-likeness (QED) is 0.866. The van der Waals surface area contributed by atoms with Gasteiger partial charge < -0.3 is 10.5 Å². The molecule has 0 unspecified atom stereocenters. The second-order valence-electron chi connectivity index (χ2n) is 4.97. The van der Waals surface area contributed by atoms with Crippen LogP contribution < -0.4 is 5.73 Å². The number of esters is 1. The molecule has 1 aliphatic carbocycles. The molecule has 4 heteroatoms. The van der Waals surface area contributed by atoms with E-state index in [2.05, 4.69) is 0 Å². The van der Waals surface area contributed by atoms with Crippen LogP contribution in [0.25, 0.3) is 0 Å². The molecule has 1 aliphatic rings. The number of carbonyl (C=O) groups excluding carboxylic acids is 1. The van der Waals surface area contributed by atoms with Gasteiger partial charge in [-0.25, -0.2) is 4.79 Å². The zero-order valence-corrected chi connectivity index (χ0v) is 12.1. The van der Waals surface area contributed by atoms with Gasteiger partial charge in [-0.05, 0) is 49.8 Å². The molecular formula is C15H22ClNO2. The third-order valence-corrected chi connectivity index (χ3v) is 3.61. The lowest BCUT2D eigenvalue weighted by atomic mass is 9.81. The molecule has 106 valence electrons. The SMILES string of the molecule is CCOC(=O)c1ccc([C@@H]2CCC[C@H](N)C2)cc1.Cl. The molecule has 0 heterocycles. The van der Waals surface area contributed by atoms with Crippen molar-refractivity contribution in [3.05, 3.63) is 35.4 Å². The molecule has 3 nitrogen and oxygen atoms in total. The predicted molar refractivity (Wildman–Crippen MR) is 78.8 cm³/mol. The van der Waals surface area contributed by atoms with Crippen LogP contribution in [0.3, 0.4) is 0 Å². The van der Waals surface area contributed by atoms with Crippen molar-refractivity contribution in [1.82, 2.24) is 0 Å². The normalized spacial score (nSPS) is 22.4. The maximum Gasteiger partial charge on any atom is 0.338 e. The molecule has 0 aliphatic heterocycles. The number of ether oxygens (including phenoxy) is 1. The fourth-order valence-electron chi connectivity index (χ4n) is 2.64. The lowest BCUT2D eigenvalue weighted by Gasteiger charge is -2.26. The lowest BCUT2D eigenvalue weighted by Crippen LogP contribution is -2.26. The lowest BCUT2D eigenvalue weighted by molar-refractivity contribution is 0.0526. The van der Waals surface area contributed by atoms with Gasteiger partial charge in [-0.3, -0.25) is 0 Å². The van der Waals surface area contributed by atoms with Gasteiger partial charge in [0, 0.05) is 6.04 Å². The minimum Gasteiger partial charge on any atom is -0.462 e. The molecule has 2 rings (SSSR count). The second kappa shape index (κ2) is 7.51. The minimum absolute atomic E-state index is 0.